The molecule has 0 bridgehead atoms. The molecule has 0 saturated carbocycles. The average molecular weight is 190 g/mol. The van der Waals surface area contributed by atoms with Crippen LogP contribution < -0.4 is 0 Å². The smallest absolute Gasteiger partial charge is 0.252 e. The summed E-state index contributed by atoms with van der Waals surface area (Å²) in [7, 11) is 3.56. The van der Waals surface area contributed by atoms with Gasteiger partial charge in [-0.3, -0.25) is 5.41 Å². The number of aromatic nitrogens is 4. The van der Waals surface area contributed by atoms with Crippen LogP contribution in [-0.2, 0) is 0 Å². The van der Waals surface area contributed by atoms with Gasteiger partial charge in [0, 0.05) is 26.5 Å². The van der Waals surface area contributed by atoms with Crippen LogP contribution in [0.25, 0.3) is 5.78 Å². The third-order valence-electron chi connectivity index (χ3n) is 1.78. The molecule has 0 spiro atoms. The lowest BCUT2D eigenvalue weighted by Gasteiger charge is -2.08. The molecule has 0 radical (unpaired) electrons. The largest absolute Gasteiger partial charge is 0.360 e. The maximum absolute atomic E-state index is 7.68. The molecule has 0 aliphatic heterocycles. The number of nitrogens with zero attached hydrogens (tertiary/aromatic N) is 5. The van der Waals surface area contributed by atoms with Crippen LogP contribution in [0.2, 0.25) is 0 Å². The molecule has 0 aromatic carbocycles. The Morgan fingerprint density at radius 2 is 2.29 bits per heavy atom. The fourth-order valence-corrected chi connectivity index (χ4v) is 1.03. The number of amidine groups is 1. The maximum atomic E-state index is 7.68. The quantitative estimate of drug-likeness (QED) is 0.508. The summed E-state index contributed by atoms with van der Waals surface area (Å²) in [5, 5.41) is 11.8. The van der Waals surface area contributed by atoms with E-state index in [4.69, 9.17) is 5.41 Å². The second kappa shape index (κ2) is 3.06. The Morgan fingerprint density at radius 1 is 1.50 bits per heavy atom. The van der Waals surface area contributed by atoms with E-state index < -0.39 is 0 Å². The lowest BCUT2D eigenvalue weighted by Crippen LogP contribution is -2.23. The van der Waals surface area contributed by atoms with Gasteiger partial charge in [-0.1, -0.05) is 0 Å². The van der Waals surface area contributed by atoms with E-state index in [0.717, 1.165) is 0 Å². The van der Waals surface area contributed by atoms with Gasteiger partial charge in [0.1, 0.15) is 0 Å². The molecule has 6 nitrogen and oxygen atoms in total. The van der Waals surface area contributed by atoms with Crippen molar-refractivity contribution in [2.45, 2.75) is 0 Å². The van der Waals surface area contributed by atoms with Crippen LogP contribution in [0.4, 0.5) is 0 Å². The second-order valence-corrected chi connectivity index (χ2v) is 3.04. The Morgan fingerprint density at radius 3 is 2.93 bits per heavy atom. The molecule has 1 N–H and O–H groups in total. The Labute approximate surface area is 80.7 Å². The van der Waals surface area contributed by atoms with Gasteiger partial charge < -0.3 is 4.90 Å². The molecular formula is C8H10N6. The predicted octanol–water partition coefficient (Wildman–Crippen LogP) is 0.0113. The van der Waals surface area contributed by atoms with E-state index in [1.54, 1.807) is 42.0 Å². The van der Waals surface area contributed by atoms with Crippen molar-refractivity contribution in [3.63, 3.8) is 0 Å². The number of nitrogens with one attached hydrogen (secondary N) is 1. The third kappa shape index (κ3) is 1.30. The first-order valence-corrected chi connectivity index (χ1v) is 4.12. The molecule has 2 rings (SSSR count). The summed E-state index contributed by atoms with van der Waals surface area (Å²) in [6.45, 7) is 0. The minimum Gasteiger partial charge on any atom is -0.360 e. The molecule has 0 saturated heterocycles. The van der Waals surface area contributed by atoms with Gasteiger partial charge in [-0.05, 0) is 6.07 Å². The van der Waals surface area contributed by atoms with Crippen molar-refractivity contribution in [1.29, 1.82) is 5.41 Å². The molecule has 0 aliphatic carbocycles. The van der Waals surface area contributed by atoms with Crippen molar-refractivity contribution in [1.82, 2.24) is 24.5 Å². The molecule has 0 atom stereocenters. The van der Waals surface area contributed by atoms with Crippen molar-refractivity contribution in [3.8, 4) is 0 Å². The first kappa shape index (κ1) is 8.61. The fourth-order valence-electron chi connectivity index (χ4n) is 1.03. The molecule has 2 aromatic rings. The number of hydrogen-bond acceptors (Lipinski definition) is 4. The highest BCUT2D eigenvalue weighted by Crippen LogP contribution is 1.98. The lowest BCUT2D eigenvalue weighted by molar-refractivity contribution is 0.613. The predicted molar refractivity (Wildman–Crippen MR) is 51.3 cm³/mol. The van der Waals surface area contributed by atoms with Gasteiger partial charge in [-0.15, -0.1) is 5.10 Å². The SMILES string of the molecule is CN(C)C(=N)c1nc2ncccn2n1. The fraction of sp³-hybridized carbons (Fsp3) is 0.250. The van der Waals surface area contributed by atoms with Crippen LogP contribution in [0, 0.1) is 5.41 Å². The highest BCUT2D eigenvalue weighted by atomic mass is 15.3. The third-order valence-corrected chi connectivity index (χ3v) is 1.78. The summed E-state index contributed by atoms with van der Waals surface area (Å²) in [5.74, 6) is 1.17. The van der Waals surface area contributed by atoms with Crippen LogP contribution >= 0.6 is 0 Å². The van der Waals surface area contributed by atoms with Crippen LogP contribution in [0.5, 0.6) is 0 Å². The zero-order valence-corrected chi connectivity index (χ0v) is 7.97. The summed E-state index contributed by atoms with van der Waals surface area (Å²) in [6, 6.07) is 1.77. The summed E-state index contributed by atoms with van der Waals surface area (Å²) >= 11 is 0. The normalized spacial score (nSPS) is 10.4. The number of hydrogen-bond donors (Lipinski definition) is 1. The van der Waals surface area contributed by atoms with Crippen LogP contribution in [0.3, 0.4) is 0 Å². The minimum absolute atomic E-state index is 0.274. The molecule has 2 heterocycles. The van der Waals surface area contributed by atoms with Gasteiger partial charge in [0.2, 0.25) is 5.82 Å². The van der Waals surface area contributed by atoms with Crippen molar-refractivity contribution in [2.75, 3.05) is 14.1 Å². The zero-order valence-electron chi connectivity index (χ0n) is 7.97. The molecule has 0 aliphatic rings. The van der Waals surface area contributed by atoms with Crippen molar-refractivity contribution in [3.05, 3.63) is 24.3 Å². The second-order valence-electron chi connectivity index (χ2n) is 3.04. The van der Waals surface area contributed by atoms with E-state index in [1.807, 2.05) is 0 Å². The van der Waals surface area contributed by atoms with E-state index in [0.29, 0.717) is 11.6 Å². The minimum atomic E-state index is 0.274. The van der Waals surface area contributed by atoms with Crippen LogP contribution in [0.1, 0.15) is 5.82 Å². The standard InChI is InChI=1S/C8H10N6/c1-13(2)6(9)7-11-8-10-4-3-5-14(8)12-7/h3-5,9H,1-2H3. The van der Waals surface area contributed by atoms with E-state index >= 15 is 0 Å². The van der Waals surface area contributed by atoms with E-state index in [-0.39, 0.29) is 5.84 Å². The number of rotatable bonds is 1. The zero-order chi connectivity index (χ0) is 10.1. The topological polar surface area (TPSA) is 70.2 Å². The lowest BCUT2D eigenvalue weighted by atomic mass is 10.5. The Balaban J connectivity index is 2.50. The Hall–Kier alpha value is -1.98. The van der Waals surface area contributed by atoms with Crippen molar-refractivity contribution < 1.29 is 0 Å². The van der Waals surface area contributed by atoms with E-state index in [1.165, 1.54) is 0 Å². The summed E-state index contributed by atoms with van der Waals surface area (Å²) in [4.78, 5) is 9.77. The summed E-state index contributed by atoms with van der Waals surface area (Å²) in [5.41, 5.74) is 0. The highest BCUT2D eigenvalue weighted by molar-refractivity contribution is 5.92. The Kier molecular flexibility index (Phi) is 1.88. The Bertz CT molecular complexity index is 438. The highest BCUT2D eigenvalue weighted by Gasteiger charge is 2.10. The summed E-state index contributed by atoms with van der Waals surface area (Å²) in [6.07, 6.45) is 3.40. The molecule has 0 amide bonds. The maximum Gasteiger partial charge on any atom is 0.252 e. The number of fused-ring (bicyclic) bond motifs is 1. The first-order chi connectivity index (χ1) is 6.68. The van der Waals surface area contributed by atoms with Gasteiger partial charge in [-0.25, -0.2) is 9.50 Å². The van der Waals surface area contributed by atoms with Crippen molar-refractivity contribution >= 4 is 11.6 Å². The monoisotopic (exact) mass is 190 g/mol. The van der Waals surface area contributed by atoms with E-state index in [9.17, 15) is 0 Å². The van der Waals surface area contributed by atoms with Gasteiger partial charge in [0.25, 0.3) is 5.78 Å². The van der Waals surface area contributed by atoms with Gasteiger partial charge in [0.15, 0.2) is 5.84 Å². The molecule has 0 unspecified atom stereocenters. The first-order valence-electron chi connectivity index (χ1n) is 4.12. The van der Waals surface area contributed by atoms with Crippen LogP contribution in [-0.4, -0.2) is 44.4 Å². The summed E-state index contributed by atoms with van der Waals surface area (Å²) < 4.78 is 1.55. The van der Waals surface area contributed by atoms with Gasteiger partial charge in [0.05, 0.1) is 0 Å². The van der Waals surface area contributed by atoms with E-state index in [2.05, 4.69) is 15.1 Å². The average Bonchev–Trinajstić information content (AvgIpc) is 2.59. The molecule has 6 heteroatoms. The molecule has 2 aromatic heterocycles. The van der Waals surface area contributed by atoms with Gasteiger partial charge >= 0.3 is 0 Å². The van der Waals surface area contributed by atoms with Crippen molar-refractivity contribution in [2.24, 2.45) is 0 Å². The molecule has 14 heavy (non-hydrogen) atoms. The molecule has 72 valence electrons. The molecule has 0 fully saturated rings. The molecular weight excluding hydrogens is 180 g/mol. The van der Waals surface area contributed by atoms with Crippen LogP contribution in [0.15, 0.2) is 18.5 Å². The van der Waals surface area contributed by atoms with Gasteiger partial charge in [-0.2, -0.15) is 4.98 Å².